The molecule has 1 aliphatic rings. The molecule has 1 aromatic rings. The molecular weight excluding hydrogens is 258 g/mol. The minimum Gasteiger partial charge on any atom is -0.383 e. The zero-order chi connectivity index (χ0) is 14.8. The molecule has 0 spiro atoms. The van der Waals surface area contributed by atoms with Crippen LogP contribution in [0, 0.1) is 0 Å². The van der Waals surface area contributed by atoms with Gasteiger partial charge in [0.15, 0.2) is 0 Å². The smallest absolute Gasteiger partial charge is 0.271 e. The molecular formula is C14H21N3O3. The third-order valence-corrected chi connectivity index (χ3v) is 3.68. The molecule has 0 radical (unpaired) electrons. The Hall–Kier alpha value is -1.82. The molecule has 0 aliphatic carbocycles. The topological polar surface area (TPSA) is 63.6 Å². The molecule has 0 aromatic carbocycles. The van der Waals surface area contributed by atoms with Crippen molar-refractivity contribution in [1.82, 2.24) is 14.8 Å². The van der Waals surface area contributed by atoms with E-state index in [1.807, 2.05) is 16.8 Å². The number of hydrogen-bond donors (Lipinski definition) is 1. The van der Waals surface area contributed by atoms with E-state index < -0.39 is 5.54 Å². The Kier molecular flexibility index (Phi) is 4.13. The fraction of sp³-hybridized carbons (Fsp3) is 0.571. The van der Waals surface area contributed by atoms with E-state index in [0.717, 1.165) is 0 Å². The zero-order valence-electron chi connectivity index (χ0n) is 12.2. The molecule has 20 heavy (non-hydrogen) atoms. The van der Waals surface area contributed by atoms with Gasteiger partial charge in [-0.2, -0.15) is 0 Å². The van der Waals surface area contributed by atoms with Crippen molar-refractivity contribution in [1.29, 1.82) is 0 Å². The van der Waals surface area contributed by atoms with E-state index in [-0.39, 0.29) is 11.8 Å². The quantitative estimate of drug-likeness (QED) is 0.872. The molecule has 0 bridgehead atoms. The molecule has 0 unspecified atom stereocenters. The molecule has 2 rings (SSSR count). The standard InChI is InChI=1S/C14H21N3O3/c1-14(2)13(19)15-6-8-17(14)12(18)11-5-4-7-16(11)9-10-20-3/h4-5,7H,6,8-10H2,1-3H3,(H,15,19). The van der Waals surface area contributed by atoms with Gasteiger partial charge < -0.3 is 19.5 Å². The van der Waals surface area contributed by atoms with E-state index >= 15 is 0 Å². The van der Waals surface area contributed by atoms with Crippen LogP contribution in [0.1, 0.15) is 24.3 Å². The van der Waals surface area contributed by atoms with E-state index in [1.54, 1.807) is 31.9 Å². The molecule has 2 amide bonds. The second-order valence-corrected chi connectivity index (χ2v) is 5.35. The molecule has 0 saturated carbocycles. The Labute approximate surface area is 118 Å². The Balaban J connectivity index is 2.22. The van der Waals surface area contributed by atoms with E-state index in [9.17, 15) is 9.59 Å². The number of ether oxygens (including phenoxy) is 1. The number of amides is 2. The monoisotopic (exact) mass is 279 g/mol. The SMILES string of the molecule is COCCn1cccc1C(=O)N1CCNC(=O)C1(C)C. The maximum absolute atomic E-state index is 12.7. The second kappa shape index (κ2) is 5.66. The fourth-order valence-corrected chi connectivity index (χ4v) is 2.39. The highest BCUT2D eigenvalue weighted by molar-refractivity contribution is 5.98. The van der Waals surface area contributed by atoms with Gasteiger partial charge in [0.25, 0.3) is 5.91 Å². The third kappa shape index (κ3) is 2.56. The third-order valence-electron chi connectivity index (χ3n) is 3.68. The van der Waals surface area contributed by atoms with Gasteiger partial charge in [0.1, 0.15) is 11.2 Å². The number of nitrogens with one attached hydrogen (secondary N) is 1. The lowest BCUT2D eigenvalue weighted by atomic mass is 9.98. The van der Waals surface area contributed by atoms with Crippen LogP contribution in [0.25, 0.3) is 0 Å². The molecule has 1 aliphatic heterocycles. The predicted octanol–water partition coefficient (Wildman–Crippen LogP) is 0.485. The Morgan fingerprint density at radius 1 is 1.50 bits per heavy atom. The van der Waals surface area contributed by atoms with E-state index in [4.69, 9.17) is 4.74 Å². The van der Waals surface area contributed by atoms with Crippen LogP contribution in [0.4, 0.5) is 0 Å². The minimum atomic E-state index is -0.828. The van der Waals surface area contributed by atoms with Gasteiger partial charge in [0, 0.05) is 32.9 Å². The van der Waals surface area contributed by atoms with Crippen LogP contribution in [-0.2, 0) is 16.1 Å². The molecule has 1 fully saturated rings. The number of hydrogen-bond acceptors (Lipinski definition) is 3. The molecule has 0 atom stereocenters. The van der Waals surface area contributed by atoms with Gasteiger partial charge >= 0.3 is 0 Å². The average molecular weight is 279 g/mol. The molecule has 1 saturated heterocycles. The Bertz CT molecular complexity index is 508. The number of carbonyl (C=O) groups excluding carboxylic acids is 2. The molecule has 1 aromatic heterocycles. The van der Waals surface area contributed by atoms with Crippen LogP contribution in [-0.4, -0.2) is 53.6 Å². The molecule has 6 nitrogen and oxygen atoms in total. The molecule has 6 heteroatoms. The van der Waals surface area contributed by atoms with Crippen LogP contribution >= 0.6 is 0 Å². The van der Waals surface area contributed by atoms with Gasteiger partial charge in [0.05, 0.1) is 6.61 Å². The van der Waals surface area contributed by atoms with Gasteiger partial charge in [0.2, 0.25) is 5.91 Å². The predicted molar refractivity (Wildman–Crippen MR) is 74.4 cm³/mol. The fourth-order valence-electron chi connectivity index (χ4n) is 2.39. The summed E-state index contributed by atoms with van der Waals surface area (Å²) in [5, 5.41) is 2.79. The molecule has 110 valence electrons. The van der Waals surface area contributed by atoms with E-state index in [2.05, 4.69) is 5.32 Å². The van der Waals surface area contributed by atoms with Gasteiger partial charge in [-0.05, 0) is 26.0 Å². The second-order valence-electron chi connectivity index (χ2n) is 5.35. The van der Waals surface area contributed by atoms with Crippen molar-refractivity contribution in [2.75, 3.05) is 26.8 Å². The van der Waals surface area contributed by atoms with Crippen molar-refractivity contribution in [3.05, 3.63) is 24.0 Å². The van der Waals surface area contributed by atoms with Gasteiger partial charge in [-0.15, -0.1) is 0 Å². The number of methoxy groups -OCH3 is 1. The van der Waals surface area contributed by atoms with Crippen molar-refractivity contribution in [2.24, 2.45) is 0 Å². The van der Waals surface area contributed by atoms with Gasteiger partial charge in [-0.25, -0.2) is 0 Å². The van der Waals surface area contributed by atoms with Crippen LogP contribution in [0.2, 0.25) is 0 Å². The van der Waals surface area contributed by atoms with Crippen LogP contribution in [0.5, 0.6) is 0 Å². The molecule has 1 N–H and O–H groups in total. The highest BCUT2D eigenvalue weighted by atomic mass is 16.5. The lowest BCUT2D eigenvalue weighted by Gasteiger charge is -2.41. The summed E-state index contributed by atoms with van der Waals surface area (Å²) in [5.74, 6) is -0.238. The van der Waals surface area contributed by atoms with Gasteiger partial charge in [-0.3, -0.25) is 9.59 Å². The lowest BCUT2D eigenvalue weighted by molar-refractivity contribution is -0.133. The normalized spacial score (nSPS) is 17.9. The van der Waals surface area contributed by atoms with Crippen molar-refractivity contribution >= 4 is 11.8 Å². The molecule has 2 heterocycles. The van der Waals surface area contributed by atoms with E-state index in [0.29, 0.717) is 31.9 Å². The lowest BCUT2D eigenvalue weighted by Crippen LogP contribution is -2.63. The van der Waals surface area contributed by atoms with E-state index in [1.165, 1.54) is 0 Å². The van der Waals surface area contributed by atoms with Crippen LogP contribution in [0.15, 0.2) is 18.3 Å². The number of carbonyl (C=O) groups is 2. The van der Waals surface area contributed by atoms with Crippen LogP contribution < -0.4 is 5.32 Å². The summed E-state index contributed by atoms with van der Waals surface area (Å²) in [6.45, 7) is 5.70. The highest BCUT2D eigenvalue weighted by Gasteiger charge is 2.41. The first-order chi connectivity index (χ1) is 9.48. The zero-order valence-corrected chi connectivity index (χ0v) is 12.2. The van der Waals surface area contributed by atoms with Gasteiger partial charge in [-0.1, -0.05) is 0 Å². The summed E-state index contributed by atoms with van der Waals surface area (Å²) < 4.78 is 6.90. The number of nitrogens with zero attached hydrogens (tertiary/aromatic N) is 2. The van der Waals surface area contributed by atoms with Crippen molar-refractivity contribution < 1.29 is 14.3 Å². The van der Waals surface area contributed by atoms with Crippen molar-refractivity contribution in [2.45, 2.75) is 25.9 Å². The summed E-state index contributed by atoms with van der Waals surface area (Å²) in [6, 6.07) is 3.61. The first-order valence-corrected chi connectivity index (χ1v) is 6.73. The largest absolute Gasteiger partial charge is 0.383 e. The maximum atomic E-state index is 12.7. The number of aromatic nitrogens is 1. The minimum absolute atomic E-state index is 0.118. The summed E-state index contributed by atoms with van der Waals surface area (Å²) >= 11 is 0. The summed E-state index contributed by atoms with van der Waals surface area (Å²) in [7, 11) is 1.63. The highest BCUT2D eigenvalue weighted by Crippen LogP contribution is 2.21. The van der Waals surface area contributed by atoms with Crippen LogP contribution in [0.3, 0.4) is 0 Å². The Morgan fingerprint density at radius 3 is 2.95 bits per heavy atom. The average Bonchev–Trinajstić information content (AvgIpc) is 2.87. The van der Waals surface area contributed by atoms with Crippen molar-refractivity contribution in [3.8, 4) is 0 Å². The number of rotatable bonds is 4. The summed E-state index contributed by atoms with van der Waals surface area (Å²) in [4.78, 5) is 26.2. The first kappa shape index (κ1) is 14.6. The number of piperazine rings is 1. The summed E-state index contributed by atoms with van der Waals surface area (Å²) in [6.07, 6.45) is 1.85. The Morgan fingerprint density at radius 2 is 2.25 bits per heavy atom. The maximum Gasteiger partial charge on any atom is 0.271 e. The van der Waals surface area contributed by atoms with Crippen molar-refractivity contribution in [3.63, 3.8) is 0 Å². The first-order valence-electron chi connectivity index (χ1n) is 6.73. The summed E-state index contributed by atoms with van der Waals surface area (Å²) in [5.41, 5.74) is -0.240.